The second-order valence-electron chi connectivity index (χ2n) is 6.24. The molecule has 0 atom stereocenters. The van der Waals surface area contributed by atoms with Crippen molar-refractivity contribution in [2.75, 3.05) is 6.54 Å². The lowest BCUT2D eigenvalue weighted by Gasteiger charge is -2.11. The number of rotatable bonds is 9. The van der Waals surface area contributed by atoms with E-state index in [0.29, 0.717) is 24.5 Å². The monoisotopic (exact) mass is 413 g/mol. The SMILES string of the molecule is O=[N+]([O-])CCCc1cccc(Sc2cccc(OCc3ccccc3)c2)c1Cl. The van der Waals surface area contributed by atoms with Crippen molar-refractivity contribution in [1.82, 2.24) is 0 Å². The molecule has 3 rings (SSSR count). The van der Waals surface area contributed by atoms with Crippen molar-refractivity contribution in [1.29, 1.82) is 0 Å². The summed E-state index contributed by atoms with van der Waals surface area (Å²) >= 11 is 8.09. The quantitative estimate of drug-likeness (QED) is 0.306. The number of halogens is 1. The molecule has 4 nitrogen and oxygen atoms in total. The number of benzene rings is 3. The molecule has 28 heavy (non-hydrogen) atoms. The highest BCUT2D eigenvalue weighted by Crippen LogP contribution is 2.36. The van der Waals surface area contributed by atoms with Gasteiger partial charge in [-0.1, -0.05) is 71.9 Å². The van der Waals surface area contributed by atoms with Gasteiger partial charge in [-0.2, -0.15) is 0 Å². The summed E-state index contributed by atoms with van der Waals surface area (Å²) < 4.78 is 5.89. The van der Waals surface area contributed by atoms with Gasteiger partial charge in [-0.05, 0) is 41.8 Å². The van der Waals surface area contributed by atoms with Gasteiger partial charge in [0.25, 0.3) is 0 Å². The number of nitro groups is 1. The van der Waals surface area contributed by atoms with Crippen LogP contribution in [0, 0.1) is 10.1 Å². The molecule has 0 amide bonds. The summed E-state index contributed by atoms with van der Waals surface area (Å²) in [5.74, 6) is 0.798. The van der Waals surface area contributed by atoms with E-state index in [4.69, 9.17) is 16.3 Å². The first-order valence-electron chi connectivity index (χ1n) is 8.95. The van der Waals surface area contributed by atoms with Crippen molar-refractivity contribution in [2.45, 2.75) is 29.2 Å². The van der Waals surface area contributed by atoms with Gasteiger partial charge in [0.05, 0.1) is 5.02 Å². The van der Waals surface area contributed by atoms with Crippen LogP contribution in [0.25, 0.3) is 0 Å². The lowest BCUT2D eigenvalue weighted by atomic mass is 10.1. The van der Waals surface area contributed by atoms with Crippen LogP contribution in [0.2, 0.25) is 5.02 Å². The predicted molar refractivity (Wildman–Crippen MR) is 113 cm³/mol. The minimum Gasteiger partial charge on any atom is -0.489 e. The zero-order valence-corrected chi connectivity index (χ0v) is 16.8. The van der Waals surface area contributed by atoms with Crippen molar-refractivity contribution in [3.8, 4) is 5.75 Å². The molecule has 0 fully saturated rings. The van der Waals surface area contributed by atoms with Crippen molar-refractivity contribution in [3.63, 3.8) is 0 Å². The molecular formula is C22H20ClNO3S. The van der Waals surface area contributed by atoms with Gasteiger partial charge in [-0.25, -0.2) is 0 Å². The Hall–Kier alpha value is -2.50. The van der Waals surface area contributed by atoms with E-state index in [-0.39, 0.29) is 11.5 Å². The van der Waals surface area contributed by atoms with E-state index >= 15 is 0 Å². The molecule has 0 saturated carbocycles. The topological polar surface area (TPSA) is 52.4 Å². The van der Waals surface area contributed by atoms with E-state index in [1.165, 1.54) is 0 Å². The molecule has 144 valence electrons. The molecule has 0 saturated heterocycles. The number of hydrogen-bond acceptors (Lipinski definition) is 4. The number of nitrogens with zero attached hydrogens (tertiary/aromatic N) is 1. The predicted octanol–water partition coefficient (Wildman–Crippen LogP) is 6.28. The van der Waals surface area contributed by atoms with E-state index in [2.05, 4.69) is 0 Å². The van der Waals surface area contributed by atoms with Crippen LogP contribution in [0.4, 0.5) is 0 Å². The first kappa shape index (κ1) is 20.2. The maximum atomic E-state index is 10.5. The van der Waals surface area contributed by atoms with Crippen LogP contribution >= 0.6 is 23.4 Å². The van der Waals surface area contributed by atoms with E-state index in [1.807, 2.05) is 72.8 Å². The lowest BCUT2D eigenvalue weighted by molar-refractivity contribution is -0.480. The van der Waals surface area contributed by atoms with Crippen LogP contribution < -0.4 is 4.74 Å². The third kappa shape index (κ3) is 6.01. The average molecular weight is 414 g/mol. The molecule has 6 heteroatoms. The summed E-state index contributed by atoms with van der Waals surface area (Å²) in [4.78, 5) is 12.2. The molecule has 0 radical (unpaired) electrons. The Kier molecular flexibility index (Phi) is 7.34. The Morgan fingerprint density at radius 3 is 2.57 bits per heavy atom. The second kappa shape index (κ2) is 10.2. The van der Waals surface area contributed by atoms with Crippen molar-refractivity contribution in [3.05, 3.63) is 99.1 Å². The average Bonchev–Trinajstić information content (AvgIpc) is 2.70. The number of hydrogen-bond donors (Lipinski definition) is 0. The van der Waals surface area contributed by atoms with Crippen LogP contribution in [0.15, 0.2) is 82.6 Å². The van der Waals surface area contributed by atoms with Crippen molar-refractivity contribution < 1.29 is 9.66 Å². The summed E-state index contributed by atoms with van der Waals surface area (Å²) in [6.45, 7) is 0.468. The van der Waals surface area contributed by atoms with Crippen LogP contribution in [0.3, 0.4) is 0 Å². The Morgan fingerprint density at radius 1 is 1.00 bits per heavy atom. The molecule has 0 aliphatic heterocycles. The van der Waals surface area contributed by atoms with Gasteiger partial charge in [0.15, 0.2) is 0 Å². The molecule has 0 spiro atoms. The summed E-state index contributed by atoms with van der Waals surface area (Å²) in [5.41, 5.74) is 2.05. The third-order valence-electron chi connectivity index (χ3n) is 4.11. The minimum absolute atomic E-state index is 0.0471. The first-order valence-corrected chi connectivity index (χ1v) is 10.1. The van der Waals surface area contributed by atoms with Gasteiger partial charge in [0, 0.05) is 21.1 Å². The molecule has 0 aromatic heterocycles. The van der Waals surface area contributed by atoms with Crippen molar-refractivity contribution >= 4 is 23.4 Å². The van der Waals surface area contributed by atoms with E-state index in [0.717, 1.165) is 26.7 Å². The molecule has 0 bridgehead atoms. The standard InChI is InChI=1S/C22H20ClNO3S/c23-22-18(10-6-14-24(25)26)9-4-13-21(22)28-20-12-5-11-19(15-20)27-16-17-7-2-1-3-8-17/h1-5,7-9,11-13,15H,6,10,14,16H2. The van der Waals surface area contributed by atoms with E-state index in [9.17, 15) is 10.1 Å². The summed E-state index contributed by atoms with van der Waals surface area (Å²) in [6, 6.07) is 23.7. The van der Waals surface area contributed by atoms with Gasteiger partial charge < -0.3 is 4.74 Å². The van der Waals surface area contributed by atoms with Gasteiger partial charge in [0.2, 0.25) is 6.54 Å². The highest BCUT2D eigenvalue weighted by atomic mass is 35.5. The van der Waals surface area contributed by atoms with E-state index in [1.54, 1.807) is 11.8 Å². The fourth-order valence-corrected chi connectivity index (χ4v) is 4.00. The largest absolute Gasteiger partial charge is 0.489 e. The molecule has 3 aromatic carbocycles. The lowest BCUT2D eigenvalue weighted by Crippen LogP contribution is -2.02. The molecule has 3 aromatic rings. The Bertz CT molecular complexity index is 934. The fraction of sp³-hybridized carbons (Fsp3) is 0.182. The highest BCUT2D eigenvalue weighted by molar-refractivity contribution is 7.99. The first-order chi connectivity index (χ1) is 13.6. The van der Waals surface area contributed by atoms with Crippen LogP contribution in [-0.4, -0.2) is 11.5 Å². The zero-order valence-electron chi connectivity index (χ0n) is 15.2. The fourth-order valence-electron chi connectivity index (χ4n) is 2.72. The normalized spacial score (nSPS) is 10.6. The molecule has 0 N–H and O–H groups in total. The maximum absolute atomic E-state index is 10.5. The summed E-state index contributed by atoms with van der Waals surface area (Å²) in [5, 5.41) is 11.2. The molecule has 0 heterocycles. The molecule has 0 aliphatic rings. The Morgan fingerprint density at radius 2 is 1.79 bits per heavy atom. The smallest absolute Gasteiger partial charge is 0.204 e. The summed E-state index contributed by atoms with van der Waals surface area (Å²) in [6.07, 6.45) is 1.07. The molecular weight excluding hydrogens is 394 g/mol. The third-order valence-corrected chi connectivity index (χ3v) is 5.72. The van der Waals surface area contributed by atoms with Crippen LogP contribution in [0.5, 0.6) is 5.75 Å². The van der Waals surface area contributed by atoms with Gasteiger partial charge in [0.1, 0.15) is 12.4 Å². The Labute approximate surface area is 173 Å². The maximum Gasteiger partial charge on any atom is 0.204 e. The second-order valence-corrected chi connectivity index (χ2v) is 7.73. The summed E-state index contributed by atoms with van der Waals surface area (Å²) in [7, 11) is 0. The molecule has 0 unspecified atom stereocenters. The molecule has 0 aliphatic carbocycles. The number of ether oxygens (including phenoxy) is 1. The Balaban J connectivity index is 1.65. The van der Waals surface area contributed by atoms with Gasteiger partial charge >= 0.3 is 0 Å². The van der Waals surface area contributed by atoms with Crippen molar-refractivity contribution in [2.24, 2.45) is 0 Å². The van der Waals surface area contributed by atoms with E-state index < -0.39 is 0 Å². The zero-order chi connectivity index (χ0) is 19.8. The van der Waals surface area contributed by atoms with Crippen LogP contribution in [-0.2, 0) is 13.0 Å². The minimum atomic E-state index is -0.298. The van der Waals surface area contributed by atoms with Gasteiger partial charge in [-0.15, -0.1) is 0 Å². The number of aryl methyl sites for hydroxylation is 1. The van der Waals surface area contributed by atoms with Gasteiger partial charge in [-0.3, -0.25) is 10.1 Å². The highest BCUT2D eigenvalue weighted by Gasteiger charge is 2.09. The van der Waals surface area contributed by atoms with Crippen LogP contribution in [0.1, 0.15) is 17.5 Å².